The molecule has 0 unspecified atom stereocenters. The first kappa shape index (κ1) is 20.4. The molecule has 1 aliphatic rings. The van der Waals surface area contributed by atoms with E-state index in [9.17, 15) is 14.7 Å². The van der Waals surface area contributed by atoms with E-state index >= 15 is 0 Å². The van der Waals surface area contributed by atoms with Gasteiger partial charge in [0.2, 0.25) is 0 Å². The lowest BCUT2D eigenvalue weighted by atomic mass is 9.96. The van der Waals surface area contributed by atoms with E-state index in [1.54, 1.807) is 0 Å². The van der Waals surface area contributed by atoms with Gasteiger partial charge in [0.05, 0.1) is 6.10 Å². The van der Waals surface area contributed by atoms with E-state index in [1.807, 2.05) is 24.3 Å². The van der Waals surface area contributed by atoms with Gasteiger partial charge < -0.3 is 10.2 Å². The van der Waals surface area contributed by atoms with Crippen LogP contribution in [0.4, 0.5) is 0 Å². The van der Waals surface area contributed by atoms with Crippen LogP contribution in [0.15, 0.2) is 36.0 Å². The predicted octanol–water partition coefficient (Wildman–Crippen LogP) is 4.20. The highest BCUT2D eigenvalue weighted by Crippen LogP contribution is 2.31. The molecule has 0 radical (unpaired) electrons. The van der Waals surface area contributed by atoms with Crippen molar-refractivity contribution in [2.75, 3.05) is 0 Å². The van der Waals surface area contributed by atoms with Gasteiger partial charge in [-0.15, -0.1) is 0 Å². The van der Waals surface area contributed by atoms with Crippen molar-refractivity contribution in [2.45, 2.75) is 70.8 Å². The van der Waals surface area contributed by atoms with Crippen molar-refractivity contribution in [2.24, 2.45) is 5.92 Å². The van der Waals surface area contributed by atoms with Crippen LogP contribution in [0, 0.1) is 5.92 Å². The fourth-order valence-electron chi connectivity index (χ4n) is 2.88. The summed E-state index contributed by atoms with van der Waals surface area (Å²) in [5.41, 5.74) is 0.712. The summed E-state index contributed by atoms with van der Waals surface area (Å²) in [6.45, 7) is 2.17. The number of allylic oxidation sites excluding steroid dienone is 5. The first-order valence-corrected chi connectivity index (χ1v) is 9.01. The number of ketones is 1. The Kier molecular flexibility index (Phi) is 10.0. The first-order valence-electron chi connectivity index (χ1n) is 9.01. The maximum absolute atomic E-state index is 12.0. The van der Waals surface area contributed by atoms with Crippen molar-refractivity contribution < 1.29 is 19.8 Å². The molecule has 134 valence electrons. The third-order valence-electron chi connectivity index (χ3n) is 4.28. The Balaban J connectivity index is 2.48. The van der Waals surface area contributed by atoms with Crippen molar-refractivity contribution in [3.63, 3.8) is 0 Å². The zero-order chi connectivity index (χ0) is 17.8. The molecule has 1 fully saturated rings. The van der Waals surface area contributed by atoms with Crippen molar-refractivity contribution in [3.05, 3.63) is 36.0 Å². The normalized spacial score (nSPS) is 23.1. The predicted molar refractivity (Wildman–Crippen MR) is 95.7 cm³/mol. The molecule has 1 rings (SSSR count). The number of carboxylic acid groups (broad SMARTS) is 1. The van der Waals surface area contributed by atoms with E-state index in [0.717, 1.165) is 12.8 Å². The summed E-state index contributed by atoms with van der Waals surface area (Å²) in [6, 6.07) is 0. The molecule has 0 bridgehead atoms. The average molecular weight is 334 g/mol. The van der Waals surface area contributed by atoms with E-state index < -0.39 is 12.1 Å². The summed E-state index contributed by atoms with van der Waals surface area (Å²) in [5.74, 6) is -0.894. The van der Waals surface area contributed by atoms with E-state index in [1.165, 1.54) is 12.8 Å². The number of aliphatic carboxylic acids is 1. The van der Waals surface area contributed by atoms with Crippen molar-refractivity contribution in [3.8, 4) is 0 Å². The first-order chi connectivity index (χ1) is 11.6. The fourth-order valence-corrected chi connectivity index (χ4v) is 2.88. The molecular weight excluding hydrogens is 304 g/mol. The number of unbranched alkanes of at least 4 members (excludes halogenated alkanes) is 4. The SMILES string of the molecule is CCCCC/C=C/C=C1/C(=O)C[C@@H](O)[C@@H]1C/C=C\CCCC(=O)O. The second kappa shape index (κ2) is 11.8. The lowest BCUT2D eigenvalue weighted by Gasteiger charge is -2.12. The molecule has 0 aliphatic heterocycles. The summed E-state index contributed by atoms with van der Waals surface area (Å²) in [6.07, 6.45) is 16.1. The molecule has 4 nitrogen and oxygen atoms in total. The summed E-state index contributed by atoms with van der Waals surface area (Å²) in [5, 5.41) is 18.7. The lowest BCUT2D eigenvalue weighted by molar-refractivity contribution is -0.137. The van der Waals surface area contributed by atoms with Gasteiger partial charge in [-0.3, -0.25) is 9.59 Å². The molecule has 0 aromatic heterocycles. The van der Waals surface area contributed by atoms with Crippen LogP contribution in [0.3, 0.4) is 0 Å². The number of aliphatic hydroxyl groups excluding tert-OH is 1. The quantitative estimate of drug-likeness (QED) is 0.337. The molecule has 24 heavy (non-hydrogen) atoms. The molecule has 2 N–H and O–H groups in total. The van der Waals surface area contributed by atoms with Crippen LogP contribution in [0.5, 0.6) is 0 Å². The smallest absolute Gasteiger partial charge is 0.303 e. The van der Waals surface area contributed by atoms with Gasteiger partial charge in [-0.25, -0.2) is 0 Å². The Morgan fingerprint density at radius 3 is 2.62 bits per heavy atom. The molecular formula is C20H30O4. The minimum atomic E-state index is -0.781. The Morgan fingerprint density at radius 2 is 1.92 bits per heavy atom. The number of hydrogen-bond acceptors (Lipinski definition) is 3. The van der Waals surface area contributed by atoms with Gasteiger partial charge in [-0.05, 0) is 32.1 Å². The maximum atomic E-state index is 12.0. The van der Waals surface area contributed by atoms with Gasteiger partial charge in [-0.1, -0.05) is 50.1 Å². The van der Waals surface area contributed by atoms with Crippen molar-refractivity contribution in [1.29, 1.82) is 0 Å². The Labute approximate surface area is 145 Å². The number of carbonyl (C=O) groups excluding carboxylic acids is 1. The Bertz CT molecular complexity index is 488. The van der Waals surface area contributed by atoms with Crippen LogP contribution in [0.2, 0.25) is 0 Å². The monoisotopic (exact) mass is 334 g/mol. The van der Waals surface area contributed by atoms with Crippen LogP contribution < -0.4 is 0 Å². The van der Waals surface area contributed by atoms with Gasteiger partial charge in [0, 0.05) is 24.3 Å². The molecule has 0 heterocycles. The molecule has 0 aromatic carbocycles. The zero-order valence-electron chi connectivity index (χ0n) is 14.6. The fraction of sp³-hybridized carbons (Fsp3) is 0.600. The van der Waals surface area contributed by atoms with Gasteiger partial charge in [0.1, 0.15) is 0 Å². The van der Waals surface area contributed by atoms with E-state index in [0.29, 0.717) is 24.8 Å². The van der Waals surface area contributed by atoms with E-state index in [-0.39, 0.29) is 24.5 Å². The van der Waals surface area contributed by atoms with Crippen molar-refractivity contribution in [1.82, 2.24) is 0 Å². The Morgan fingerprint density at radius 1 is 1.17 bits per heavy atom. The van der Waals surface area contributed by atoms with Crippen LogP contribution in [-0.2, 0) is 9.59 Å². The van der Waals surface area contributed by atoms with Gasteiger partial charge in [-0.2, -0.15) is 0 Å². The minimum Gasteiger partial charge on any atom is -0.481 e. The summed E-state index contributed by atoms with van der Waals surface area (Å²) in [7, 11) is 0. The second-order valence-electron chi connectivity index (χ2n) is 6.34. The van der Waals surface area contributed by atoms with E-state index in [4.69, 9.17) is 5.11 Å². The van der Waals surface area contributed by atoms with Gasteiger partial charge in [0.25, 0.3) is 0 Å². The molecule has 4 heteroatoms. The molecule has 0 spiro atoms. The van der Waals surface area contributed by atoms with Crippen LogP contribution >= 0.6 is 0 Å². The van der Waals surface area contributed by atoms with Gasteiger partial charge in [0.15, 0.2) is 5.78 Å². The number of aliphatic hydroxyl groups is 1. The van der Waals surface area contributed by atoms with Crippen molar-refractivity contribution >= 4 is 11.8 Å². The summed E-state index contributed by atoms with van der Waals surface area (Å²) in [4.78, 5) is 22.5. The number of hydrogen-bond donors (Lipinski definition) is 2. The van der Waals surface area contributed by atoms with Gasteiger partial charge >= 0.3 is 5.97 Å². The average Bonchev–Trinajstić information content (AvgIpc) is 2.80. The largest absolute Gasteiger partial charge is 0.481 e. The second-order valence-corrected chi connectivity index (χ2v) is 6.34. The highest BCUT2D eigenvalue weighted by Gasteiger charge is 2.35. The van der Waals surface area contributed by atoms with E-state index in [2.05, 4.69) is 13.0 Å². The number of carbonyl (C=O) groups is 2. The number of carboxylic acids is 1. The molecule has 1 aliphatic carbocycles. The molecule has 0 amide bonds. The van der Waals surface area contributed by atoms with Crippen LogP contribution in [0.1, 0.15) is 64.7 Å². The number of rotatable bonds is 11. The third kappa shape index (κ3) is 7.73. The molecule has 1 saturated carbocycles. The molecule has 0 aromatic rings. The number of Topliss-reactive ketones (excluding diaryl/α,β-unsaturated/α-hetero) is 1. The topological polar surface area (TPSA) is 74.6 Å². The third-order valence-corrected chi connectivity index (χ3v) is 4.28. The highest BCUT2D eigenvalue weighted by atomic mass is 16.4. The molecule has 0 saturated heterocycles. The molecule has 2 atom stereocenters. The standard InChI is InChI=1S/C20H30O4/c1-2-3-4-5-6-9-12-16-17(19(22)15-18(16)21)13-10-7-8-11-14-20(23)24/h6-7,9-10,12,17,19,22H,2-5,8,11,13-15H2,1H3,(H,23,24)/b9-6+,10-7-,16-12+/t17-,19-/m1/s1. The van der Waals surface area contributed by atoms with Crippen LogP contribution in [-0.4, -0.2) is 28.1 Å². The minimum absolute atomic E-state index is 0.0324. The zero-order valence-corrected chi connectivity index (χ0v) is 14.6. The highest BCUT2D eigenvalue weighted by molar-refractivity contribution is 5.99. The van der Waals surface area contributed by atoms with Crippen LogP contribution in [0.25, 0.3) is 0 Å². The maximum Gasteiger partial charge on any atom is 0.303 e. The lowest BCUT2D eigenvalue weighted by Crippen LogP contribution is -2.13. The summed E-state index contributed by atoms with van der Waals surface area (Å²) < 4.78 is 0. The Hall–Kier alpha value is -1.68. The summed E-state index contributed by atoms with van der Waals surface area (Å²) >= 11 is 0.